The average Bonchev–Trinajstić information content (AvgIpc) is 2.33. The van der Waals surface area contributed by atoms with Crippen LogP contribution >= 0.6 is 0 Å². The van der Waals surface area contributed by atoms with Gasteiger partial charge in [0.2, 0.25) is 15.9 Å². The topological polar surface area (TPSA) is 66.5 Å². The van der Waals surface area contributed by atoms with Crippen LogP contribution in [0.15, 0.2) is 11.0 Å². The van der Waals surface area contributed by atoms with E-state index >= 15 is 0 Å². The van der Waals surface area contributed by atoms with Crippen molar-refractivity contribution in [2.45, 2.75) is 52.0 Å². The fourth-order valence-electron chi connectivity index (χ4n) is 2.57. The van der Waals surface area contributed by atoms with E-state index in [-0.39, 0.29) is 10.8 Å². The van der Waals surface area contributed by atoms with Crippen molar-refractivity contribution < 1.29 is 13.2 Å². The largest absolute Gasteiger partial charge is 0.347 e. The summed E-state index contributed by atoms with van der Waals surface area (Å²) in [5, 5.41) is 0. The molecule has 0 bridgehead atoms. The molecule has 22 heavy (non-hydrogen) atoms. The maximum absolute atomic E-state index is 12.8. The SMILES string of the molecule is Cc1cc(C)c(C)c(S(=O)(=O)NC(C)(C)C(=O)N(C)C)c1C. The van der Waals surface area contributed by atoms with Gasteiger partial charge < -0.3 is 4.90 Å². The van der Waals surface area contributed by atoms with E-state index in [1.54, 1.807) is 41.8 Å². The number of rotatable bonds is 4. The van der Waals surface area contributed by atoms with E-state index in [1.165, 1.54) is 4.90 Å². The van der Waals surface area contributed by atoms with Crippen LogP contribution < -0.4 is 4.72 Å². The number of sulfonamides is 1. The minimum atomic E-state index is -3.80. The maximum Gasteiger partial charge on any atom is 0.242 e. The second-order valence-electron chi connectivity index (χ2n) is 6.52. The number of aryl methyl sites for hydroxylation is 2. The van der Waals surface area contributed by atoms with Gasteiger partial charge in [0.05, 0.1) is 4.90 Å². The summed E-state index contributed by atoms with van der Waals surface area (Å²) in [6.45, 7) is 10.5. The Balaban J connectivity index is 3.42. The lowest BCUT2D eigenvalue weighted by atomic mass is 10.0. The number of carbonyl (C=O) groups excluding carboxylic acids is 1. The highest BCUT2D eigenvalue weighted by atomic mass is 32.2. The zero-order valence-corrected chi connectivity index (χ0v) is 15.5. The van der Waals surface area contributed by atoms with Gasteiger partial charge in [-0.25, -0.2) is 8.42 Å². The van der Waals surface area contributed by atoms with Gasteiger partial charge in [-0.1, -0.05) is 6.07 Å². The predicted molar refractivity (Wildman–Crippen MR) is 88.5 cm³/mol. The van der Waals surface area contributed by atoms with Crippen molar-refractivity contribution in [2.24, 2.45) is 0 Å². The van der Waals surface area contributed by atoms with Crippen LogP contribution in [0.3, 0.4) is 0 Å². The molecule has 0 heterocycles. The Morgan fingerprint density at radius 2 is 1.45 bits per heavy atom. The molecular weight excluding hydrogens is 300 g/mol. The zero-order chi connectivity index (χ0) is 17.5. The summed E-state index contributed by atoms with van der Waals surface area (Å²) in [5.41, 5.74) is 2.05. The van der Waals surface area contributed by atoms with Crippen LogP contribution in [0.1, 0.15) is 36.1 Å². The molecule has 0 aliphatic rings. The molecule has 1 rings (SSSR count). The highest BCUT2D eigenvalue weighted by molar-refractivity contribution is 7.89. The molecule has 0 saturated heterocycles. The highest BCUT2D eigenvalue weighted by Crippen LogP contribution is 2.27. The zero-order valence-electron chi connectivity index (χ0n) is 14.7. The molecule has 0 aliphatic carbocycles. The molecule has 0 unspecified atom stereocenters. The van der Waals surface area contributed by atoms with E-state index in [0.29, 0.717) is 11.1 Å². The molecule has 0 aromatic heterocycles. The molecule has 5 nitrogen and oxygen atoms in total. The number of likely N-dealkylation sites (N-methyl/N-ethyl adjacent to an activating group) is 1. The number of hydrogen-bond acceptors (Lipinski definition) is 3. The molecule has 0 radical (unpaired) electrons. The lowest BCUT2D eigenvalue weighted by molar-refractivity contribution is -0.133. The van der Waals surface area contributed by atoms with E-state index in [2.05, 4.69) is 4.72 Å². The van der Waals surface area contributed by atoms with Gasteiger partial charge >= 0.3 is 0 Å². The number of amides is 1. The van der Waals surface area contributed by atoms with Crippen molar-refractivity contribution in [3.05, 3.63) is 28.3 Å². The van der Waals surface area contributed by atoms with E-state index in [4.69, 9.17) is 0 Å². The summed E-state index contributed by atoms with van der Waals surface area (Å²) < 4.78 is 28.2. The molecule has 1 N–H and O–H groups in total. The monoisotopic (exact) mass is 326 g/mol. The van der Waals surface area contributed by atoms with Crippen molar-refractivity contribution >= 4 is 15.9 Å². The summed E-state index contributed by atoms with van der Waals surface area (Å²) in [4.78, 5) is 13.8. The summed E-state index contributed by atoms with van der Waals surface area (Å²) in [7, 11) is -0.595. The van der Waals surface area contributed by atoms with Crippen LogP contribution in [0.25, 0.3) is 0 Å². The van der Waals surface area contributed by atoms with Crippen LogP contribution in [0.4, 0.5) is 0 Å². The normalized spacial score (nSPS) is 12.4. The molecule has 124 valence electrons. The lowest BCUT2D eigenvalue weighted by Crippen LogP contribution is -2.54. The predicted octanol–water partition coefficient (Wildman–Crippen LogP) is 2.07. The Morgan fingerprint density at radius 3 is 1.82 bits per heavy atom. The molecular formula is C16H26N2O3S. The molecule has 1 aromatic carbocycles. The van der Waals surface area contributed by atoms with E-state index in [1.807, 2.05) is 19.9 Å². The van der Waals surface area contributed by atoms with Crippen LogP contribution in [0.2, 0.25) is 0 Å². The quantitative estimate of drug-likeness (QED) is 0.921. The molecule has 0 fully saturated rings. The third-order valence-corrected chi connectivity index (χ3v) is 5.83. The third-order valence-electron chi connectivity index (χ3n) is 3.90. The number of nitrogens with one attached hydrogen (secondary N) is 1. The summed E-state index contributed by atoms with van der Waals surface area (Å²) >= 11 is 0. The molecule has 0 spiro atoms. The van der Waals surface area contributed by atoms with Gasteiger partial charge in [-0.2, -0.15) is 4.72 Å². The fraction of sp³-hybridized carbons (Fsp3) is 0.562. The summed E-state index contributed by atoms with van der Waals surface area (Å²) in [6.07, 6.45) is 0. The van der Waals surface area contributed by atoms with Gasteiger partial charge in [0, 0.05) is 14.1 Å². The van der Waals surface area contributed by atoms with Gasteiger partial charge in [0.15, 0.2) is 0 Å². The van der Waals surface area contributed by atoms with E-state index in [0.717, 1.165) is 11.1 Å². The van der Waals surface area contributed by atoms with Gasteiger partial charge in [0.25, 0.3) is 0 Å². The molecule has 1 aromatic rings. The van der Waals surface area contributed by atoms with Crippen LogP contribution in [0, 0.1) is 27.7 Å². The van der Waals surface area contributed by atoms with Gasteiger partial charge in [-0.05, 0) is 63.8 Å². The van der Waals surface area contributed by atoms with Crippen molar-refractivity contribution in [1.29, 1.82) is 0 Å². The Labute approximate surface area is 133 Å². The van der Waals surface area contributed by atoms with Crippen LogP contribution in [-0.4, -0.2) is 38.9 Å². The minimum absolute atomic E-state index is 0.268. The summed E-state index contributed by atoms with van der Waals surface area (Å²) in [5.74, 6) is -0.296. The van der Waals surface area contributed by atoms with Gasteiger partial charge in [-0.3, -0.25) is 4.79 Å². The fourth-order valence-corrected chi connectivity index (χ4v) is 4.56. The first-order chi connectivity index (χ1) is 9.81. The molecule has 6 heteroatoms. The second-order valence-corrected chi connectivity index (χ2v) is 8.14. The Bertz CT molecular complexity index is 678. The van der Waals surface area contributed by atoms with E-state index in [9.17, 15) is 13.2 Å². The Kier molecular flexibility index (Phi) is 5.09. The van der Waals surface area contributed by atoms with Crippen molar-refractivity contribution in [3.63, 3.8) is 0 Å². The average molecular weight is 326 g/mol. The smallest absolute Gasteiger partial charge is 0.242 e. The highest BCUT2D eigenvalue weighted by Gasteiger charge is 2.35. The minimum Gasteiger partial charge on any atom is -0.347 e. The van der Waals surface area contributed by atoms with Crippen molar-refractivity contribution in [3.8, 4) is 0 Å². The first-order valence-electron chi connectivity index (χ1n) is 7.14. The lowest BCUT2D eigenvalue weighted by Gasteiger charge is -2.29. The first-order valence-corrected chi connectivity index (χ1v) is 8.62. The second kappa shape index (κ2) is 6.01. The van der Waals surface area contributed by atoms with Crippen LogP contribution in [-0.2, 0) is 14.8 Å². The Morgan fingerprint density at radius 1 is 1.05 bits per heavy atom. The molecule has 0 atom stereocenters. The van der Waals surface area contributed by atoms with Gasteiger partial charge in [0.1, 0.15) is 5.54 Å². The number of nitrogens with zero attached hydrogens (tertiary/aromatic N) is 1. The maximum atomic E-state index is 12.8. The van der Waals surface area contributed by atoms with E-state index < -0.39 is 15.6 Å². The van der Waals surface area contributed by atoms with Crippen LogP contribution in [0.5, 0.6) is 0 Å². The number of benzene rings is 1. The number of carbonyl (C=O) groups is 1. The van der Waals surface area contributed by atoms with Gasteiger partial charge in [-0.15, -0.1) is 0 Å². The third kappa shape index (κ3) is 3.50. The molecule has 1 amide bonds. The Hall–Kier alpha value is -1.40. The van der Waals surface area contributed by atoms with Crippen molar-refractivity contribution in [2.75, 3.05) is 14.1 Å². The van der Waals surface area contributed by atoms with Crippen molar-refractivity contribution in [1.82, 2.24) is 9.62 Å². The number of hydrogen-bond donors (Lipinski definition) is 1. The first kappa shape index (κ1) is 18.6. The standard InChI is InChI=1S/C16H26N2O3S/c1-10-9-11(2)13(4)14(12(10)3)22(20,21)17-16(5,6)15(19)18(7)8/h9,17H,1-8H3. The molecule has 0 saturated carbocycles. The summed E-state index contributed by atoms with van der Waals surface area (Å²) in [6, 6.07) is 1.97. The molecule has 0 aliphatic heterocycles.